The van der Waals surface area contributed by atoms with E-state index in [0.717, 1.165) is 23.1 Å². The number of hydrogen-bond acceptors (Lipinski definition) is 11. The highest BCUT2D eigenvalue weighted by Crippen LogP contribution is 2.40. The molecule has 1 N–H and O–H groups in total. The fourth-order valence-corrected chi connectivity index (χ4v) is 9.08. The van der Waals surface area contributed by atoms with Gasteiger partial charge in [-0.3, -0.25) is 4.90 Å². The molecule has 3 fully saturated rings. The molecule has 0 radical (unpaired) electrons. The number of rotatable bonds is 13. The van der Waals surface area contributed by atoms with Gasteiger partial charge in [0.2, 0.25) is 16.8 Å². The van der Waals surface area contributed by atoms with E-state index >= 15 is 0 Å². The maximum atomic E-state index is 14.3. The maximum Gasteiger partial charge on any atom is 0.412 e. The second kappa shape index (κ2) is 15.3. The summed E-state index contributed by atoms with van der Waals surface area (Å²) in [5.74, 6) is 1.49. The molecule has 13 nitrogen and oxygen atoms in total. The third-order valence-electron chi connectivity index (χ3n) is 10.1. The molecule has 1 amide bonds. The summed E-state index contributed by atoms with van der Waals surface area (Å²) in [5.41, 5.74) is 1.58. The molecule has 3 aromatic rings. The molecule has 0 aliphatic carbocycles. The van der Waals surface area contributed by atoms with Crippen LogP contribution < -0.4 is 14.2 Å². The van der Waals surface area contributed by atoms with Crippen LogP contribution in [0.5, 0.6) is 17.2 Å². The minimum Gasteiger partial charge on any atom is -0.489 e. The van der Waals surface area contributed by atoms with Crippen LogP contribution in [0.3, 0.4) is 0 Å². The maximum absolute atomic E-state index is 14.3. The number of carbonyl (C=O) groups excluding carboxylic acids is 1. The molecule has 4 heterocycles. The number of ether oxygens (including phenoxy) is 7. The van der Waals surface area contributed by atoms with Crippen LogP contribution in [0.15, 0.2) is 71.6 Å². The van der Waals surface area contributed by atoms with Crippen LogP contribution in [0.25, 0.3) is 0 Å². The Labute approximate surface area is 310 Å². The second-order valence-electron chi connectivity index (χ2n) is 14.7. The van der Waals surface area contributed by atoms with Crippen LogP contribution in [-0.2, 0) is 42.0 Å². The van der Waals surface area contributed by atoms with Crippen molar-refractivity contribution in [1.29, 1.82) is 5.41 Å². The van der Waals surface area contributed by atoms with Gasteiger partial charge in [-0.1, -0.05) is 50.2 Å². The predicted molar refractivity (Wildman–Crippen MR) is 194 cm³/mol. The van der Waals surface area contributed by atoms with Gasteiger partial charge in [0.25, 0.3) is 0 Å². The van der Waals surface area contributed by atoms with Gasteiger partial charge in [-0.2, -0.15) is 4.31 Å². The van der Waals surface area contributed by atoms with Crippen molar-refractivity contribution >= 4 is 22.3 Å². The number of nitrogens with one attached hydrogen (secondary N) is 1. The van der Waals surface area contributed by atoms with Crippen LogP contribution in [0, 0.1) is 17.2 Å². The third-order valence-corrected chi connectivity index (χ3v) is 11.9. The van der Waals surface area contributed by atoms with Crippen molar-refractivity contribution in [2.75, 3.05) is 33.1 Å². The quantitative estimate of drug-likeness (QED) is 0.220. The SMILES string of the molecule is CC(C)CN(CC1OC(C)(C)N(C(=O)OC2CO[C@@H]3OCC[C@H]23)C1Cc1ccc(OCc2ccc(C=N)cc2)cc1)S(=O)(=O)c1ccc2c(c1)OCO2. The molecule has 5 atom stereocenters. The molecular formula is C39H47N3O10S. The molecule has 0 spiro atoms. The van der Waals surface area contributed by atoms with Gasteiger partial charge in [-0.15, -0.1) is 0 Å². The zero-order chi connectivity index (χ0) is 37.3. The van der Waals surface area contributed by atoms with E-state index in [0.29, 0.717) is 36.9 Å². The smallest absolute Gasteiger partial charge is 0.412 e. The molecule has 53 heavy (non-hydrogen) atoms. The lowest BCUT2D eigenvalue weighted by molar-refractivity contribution is -0.0911. The van der Waals surface area contributed by atoms with Crippen LogP contribution in [0.4, 0.5) is 4.79 Å². The zero-order valence-electron chi connectivity index (χ0n) is 30.4. The van der Waals surface area contributed by atoms with E-state index in [1.165, 1.54) is 22.7 Å². The van der Waals surface area contributed by atoms with E-state index in [-0.39, 0.29) is 49.5 Å². The van der Waals surface area contributed by atoms with E-state index in [4.69, 9.17) is 38.6 Å². The third kappa shape index (κ3) is 8.02. The molecule has 4 aliphatic rings. The van der Waals surface area contributed by atoms with E-state index < -0.39 is 40.1 Å². The van der Waals surface area contributed by atoms with Gasteiger partial charge in [0.1, 0.15) is 24.2 Å². The lowest BCUT2D eigenvalue weighted by atomic mass is 9.99. The average molecular weight is 750 g/mol. The van der Waals surface area contributed by atoms with Crippen LogP contribution in [-0.4, -0.2) is 93.3 Å². The Morgan fingerprint density at radius 2 is 1.75 bits per heavy atom. The summed E-state index contributed by atoms with van der Waals surface area (Å²) in [6.45, 7) is 8.94. The van der Waals surface area contributed by atoms with E-state index in [1.807, 2.05) is 62.4 Å². The fourth-order valence-electron chi connectivity index (χ4n) is 7.45. The van der Waals surface area contributed by atoms with E-state index in [2.05, 4.69) is 0 Å². The van der Waals surface area contributed by atoms with Gasteiger partial charge in [0.15, 0.2) is 17.8 Å². The highest BCUT2D eigenvalue weighted by molar-refractivity contribution is 7.89. The molecule has 7 rings (SSSR count). The number of nitrogens with zero attached hydrogens (tertiary/aromatic N) is 2. The molecule has 284 valence electrons. The van der Waals surface area contributed by atoms with Gasteiger partial charge in [0, 0.05) is 25.4 Å². The number of fused-ring (bicyclic) bond motifs is 2. The molecule has 3 saturated heterocycles. The topological polar surface area (TPSA) is 146 Å². The summed E-state index contributed by atoms with van der Waals surface area (Å²) in [7, 11) is -4.02. The largest absolute Gasteiger partial charge is 0.489 e. The van der Waals surface area contributed by atoms with Gasteiger partial charge in [0.05, 0.1) is 36.2 Å². The number of sulfonamides is 1. The summed E-state index contributed by atoms with van der Waals surface area (Å²) in [4.78, 5) is 15.9. The average Bonchev–Trinajstić information content (AvgIpc) is 3.92. The Hall–Kier alpha value is -4.21. The molecule has 3 unspecified atom stereocenters. The molecular weight excluding hydrogens is 703 g/mol. The Morgan fingerprint density at radius 3 is 2.49 bits per heavy atom. The first-order valence-electron chi connectivity index (χ1n) is 18.0. The molecule has 0 aromatic heterocycles. The minimum atomic E-state index is -4.02. The van der Waals surface area contributed by atoms with Gasteiger partial charge < -0.3 is 38.6 Å². The first-order valence-corrected chi connectivity index (χ1v) is 19.5. The Balaban J connectivity index is 1.14. The normalized spacial score (nSPS) is 24.5. The van der Waals surface area contributed by atoms with Crippen molar-refractivity contribution in [2.24, 2.45) is 11.8 Å². The van der Waals surface area contributed by atoms with E-state index in [9.17, 15) is 13.2 Å². The van der Waals surface area contributed by atoms with Crippen molar-refractivity contribution < 1.29 is 46.4 Å². The number of amides is 1. The molecule has 14 heteroatoms. The van der Waals surface area contributed by atoms with Gasteiger partial charge in [-0.25, -0.2) is 13.2 Å². The summed E-state index contributed by atoms with van der Waals surface area (Å²) in [5, 5.41) is 7.40. The van der Waals surface area contributed by atoms with Gasteiger partial charge >= 0.3 is 6.09 Å². The summed E-state index contributed by atoms with van der Waals surface area (Å²) in [6, 6.07) is 19.3. The van der Waals surface area contributed by atoms with Gasteiger partial charge in [-0.05, 0) is 73.6 Å². The Morgan fingerprint density at radius 1 is 1.02 bits per heavy atom. The summed E-state index contributed by atoms with van der Waals surface area (Å²) < 4.78 is 71.1. The van der Waals surface area contributed by atoms with Crippen molar-refractivity contribution in [2.45, 2.75) is 82.3 Å². The summed E-state index contributed by atoms with van der Waals surface area (Å²) in [6.07, 6.45) is 0.298. The first kappa shape index (κ1) is 37.1. The number of carbonyl (C=O) groups is 1. The molecule has 0 saturated carbocycles. The fraction of sp³-hybridized carbons (Fsp3) is 0.487. The Bertz CT molecular complexity index is 1890. The predicted octanol–water partition coefficient (Wildman–Crippen LogP) is 5.58. The Kier molecular flexibility index (Phi) is 10.7. The second-order valence-corrected chi connectivity index (χ2v) is 16.7. The standard InChI is InChI=1S/C39H47N3O10S/c1-25(2)20-41(53(44,45)30-13-14-33-34(18-30)50-24-49-33)21-35-32(17-26-9-11-29(12-10-26)47-22-28-7-5-27(19-40)6-8-28)42(39(3,4)52-35)38(43)51-36-23-48-37-31(36)15-16-46-37/h5-14,18-19,25,31-32,35-37,40H,15-17,20-24H2,1-4H3/t31-,32?,35?,36?,37+/m1/s1. The lowest BCUT2D eigenvalue weighted by Gasteiger charge is -2.34. The van der Waals surface area contributed by atoms with Crippen molar-refractivity contribution in [3.63, 3.8) is 0 Å². The highest BCUT2D eigenvalue weighted by atomic mass is 32.2. The number of benzene rings is 3. The highest BCUT2D eigenvalue weighted by Gasteiger charge is 2.53. The van der Waals surface area contributed by atoms with Crippen molar-refractivity contribution in [1.82, 2.24) is 9.21 Å². The van der Waals surface area contributed by atoms with Crippen LogP contribution in [0.1, 0.15) is 50.8 Å². The van der Waals surface area contributed by atoms with Crippen LogP contribution >= 0.6 is 0 Å². The van der Waals surface area contributed by atoms with Crippen molar-refractivity contribution in [3.8, 4) is 17.2 Å². The molecule has 4 aliphatic heterocycles. The van der Waals surface area contributed by atoms with Crippen molar-refractivity contribution in [3.05, 3.63) is 83.4 Å². The molecule has 3 aromatic carbocycles. The first-order chi connectivity index (χ1) is 25.4. The monoisotopic (exact) mass is 749 g/mol. The molecule has 0 bridgehead atoms. The lowest BCUT2D eigenvalue weighted by Crippen LogP contribution is -2.51. The minimum absolute atomic E-state index is 0.00172. The summed E-state index contributed by atoms with van der Waals surface area (Å²) >= 11 is 0. The number of hydrogen-bond donors (Lipinski definition) is 1. The van der Waals surface area contributed by atoms with E-state index in [1.54, 1.807) is 24.8 Å². The zero-order valence-corrected chi connectivity index (χ0v) is 31.3. The van der Waals surface area contributed by atoms with Crippen LogP contribution in [0.2, 0.25) is 0 Å².